The Morgan fingerprint density at radius 3 is 2.07 bits per heavy atom. The monoisotopic (exact) mass is 414 g/mol. The van der Waals surface area contributed by atoms with E-state index in [1.54, 1.807) is 0 Å². The molecule has 0 radical (unpaired) electrons. The smallest absolute Gasteiger partial charge is 0.344 e. The van der Waals surface area contributed by atoms with E-state index in [9.17, 15) is 31.9 Å². The Hall–Kier alpha value is -3.40. The molecule has 2 rings (SSSR count). The minimum absolute atomic E-state index is 0.233. The van der Waals surface area contributed by atoms with E-state index in [2.05, 4.69) is 14.8 Å². The van der Waals surface area contributed by atoms with Crippen molar-refractivity contribution in [2.75, 3.05) is 13.2 Å². The molecule has 1 aliphatic rings. The van der Waals surface area contributed by atoms with Crippen molar-refractivity contribution in [3.8, 4) is 0 Å². The standard InChI is InChI=1S/C17H14F4N4O4/c18-12-11(13(19)15(21)16(14(12)20)23-24-22)17(28)29-8-4-2-1-3-7-25-9(26)5-6-10(25)27/h5-6H,1-4,7-8H2. The summed E-state index contributed by atoms with van der Waals surface area (Å²) >= 11 is 0. The van der Waals surface area contributed by atoms with E-state index in [1.807, 2.05) is 0 Å². The molecule has 0 spiro atoms. The summed E-state index contributed by atoms with van der Waals surface area (Å²) in [5.41, 5.74) is 5.09. The van der Waals surface area contributed by atoms with Crippen LogP contribution in [0.4, 0.5) is 23.2 Å². The zero-order valence-corrected chi connectivity index (χ0v) is 14.8. The van der Waals surface area contributed by atoms with Gasteiger partial charge in [-0.2, -0.15) is 0 Å². The summed E-state index contributed by atoms with van der Waals surface area (Å²) in [5, 5.41) is 2.52. The lowest BCUT2D eigenvalue weighted by Gasteiger charge is -2.13. The van der Waals surface area contributed by atoms with Crippen LogP contribution in [0.25, 0.3) is 10.4 Å². The highest BCUT2D eigenvalue weighted by Crippen LogP contribution is 2.30. The largest absolute Gasteiger partial charge is 0.462 e. The number of esters is 1. The van der Waals surface area contributed by atoms with E-state index in [1.165, 1.54) is 12.2 Å². The highest BCUT2D eigenvalue weighted by molar-refractivity contribution is 6.12. The van der Waals surface area contributed by atoms with Gasteiger partial charge >= 0.3 is 5.97 Å². The van der Waals surface area contributed by atoms with Crippen molar-refractivity contribution in [1.29, 1.82) is 0 Å². The first-order chi connectivity index (χ1) is 13.8. The number of imide groups is 1. The van der Waals surface area contributed by atoms with Crippen molar-refractivity contribution in [3.05, 3.63) is 51.4 Å². The summed E-state index contributed by atoms with van der Waals surface area (Å²) in [4.78, 5) is 37.6. The summed E-state index contributed by atoms with van der Waals surface area (Å²) < 4.78 is 59.6. The zero-order valence-electron chi connectivity index (χ0n) is 14.8. The number of amides is 2. The number of ether oxygens (including phenoxy) is 1. The normalized spacial score (nSPS) is 13.0. The molecule has 1 aromatic rings. The fraction of sp³-hybridized carbons (Fsp3) is 0.353. The van der Waals surface area contributed by atoms with Gasteiger partial charge in [-0.15, -0.1) is 0 Å². The topological polar surface area (TPSA) is 112 Å². The molecule has 12 heteroatoms. The maximum absolute atomic E-state index is 13.8. The van der Waals surface area contributed by atoms with Crippen LogP contribution in [0.15, 0.2) is 17.3 Å². The van der Waals surface area contributed by atoms with Gasteiger partial charge in [0.2, 0.25) is 0 Å². The van der Waals surface area contributed by atoms with Gasteiger partial charge in [0.1, 0.15) is 11.3 Å². The van der Waals surface area contributed by atoms with Crippen LogP contribution in [-0.4, -0.2) is 35.8 Å². The first-order valence-electron chi connectivity index (χ1n) is 8.41. The van der Waals surface area contributed by atoms with Gasteiger partial charge in [-0.1, -0.05) is 11.5 Å². The summed E-state index contributed by atoms with van der Waals surface area (Å²) in [5.74, 6) is -10.4. The summed E-state index contributed by atoms with van der Waals surface area (Å²) in [6.07, 6.45) is 4.20. The lowest BCUT2D eigenvalue weighted by molar-refractivity contribution is -0.136. The fourth-order valence-electron chi connectivity index (χ4n) is 2.55. The van der Waals surface area contributed by atoms with Gasteiger partial charge in [-0.25, -0.2) is 22.4 Å². The van der Waals surface area contributed by atoms with Crippen LogP contribution in [0.1, 0.15) is 36.0 Å². The molecule has 0 fully saturated rings. The number of azide groups is 1. The van der Waals surface area contributed by atoms with E-state index in [0.29, 0.717) is 19.3 Å². The molecule has 0 atom stereocenters. The molecular weight excluding hydrogens is 400 g/mol. The van der Waals surface area contributed by atoms with Gasteiger partial charge in [-0.3, -0.25) is 14.5 Å². The quantitative estimate of drug-likeness (QED) is 0.0893. The third-order valence-corrected chi connectivity index (χ3v) is 4.00. The molecule has 1 heterocycles. The van der Waals surface area contributed by atoms with Crippen molar-refractivity contribution < 1.29 is 36.7 Å². The zero-order chi connectivity index (χ0) is 21.6. The van der Waals surface area contributed by atoms with E-state index < -0.39 is 40.5 Å². The number of rotatable bonds is 9. The lowest BCUT2D eigenvalue weighted by atomic mass is 10.1. The first-order valence-corrected chi connectivity index (χ1v) is 8.41. The predicted octanol–water partition coefficient (Wildman–Crippen LogP) is 3.83. The van der Waals surface area contributed by atoms with Crippen LogP contribution in [0.5, 0.6) is 0 Å². The molecule has 1 aliphatic heterocycles. The van der Waals surface area contributed by atoms with Crippen LogP contribution >= 0.6 is 0 Å². The second kappa shape index (κ2) is 9.69. The Labute approximate surface area is 161 Å². The van der Waals surface area contributed by atoms with Gasteiger partial charge in [0.25, 0.3) is 11.8 Å². The molecule has 0 aromatic heterocycles. The molecule has 29 heavy (non-hydrogen) atoms. The third kappa shape index (κ3) is 4.91. The van der Waals surface area contributed by atoms with E-state index in [4.69, 9.17) is 5.53 Å². The minimum atomic E-state index is -2.02. The Bertz CT molecular complexity index is 881. The first kappa shape index (κ1) is 21.9. The van der Waals surface area contributed by atoms with E-state index in [0.717, 1.165) is 4.90 Å². The lowest BCUT2D eigenvalue weighted by Crippen LogP contribution is -2.30. The van der Waals surface area contributed by atoms with Crippen molar-refractivity contribution in [3.63, 3.8) is 0 Å². The maximum Gasteiger partial charge on any atom is 0.344 e. The Morgan fingerprint density at radius 2 is 1.52 bits per heavy atom. The van der Waals surface area contributed by atoms with Crippen molar-refractivity contribution in [2.45, 2.75) is 25.7 Å². The average molecular weight is 414 g/mol. The number of hydrogen-bond donors (Lipinski definition) is 0. The number of carbonyl (C=O) groups is 3. The van der Waals surface area contributed by atoms with Gasteiger partial charge in [0.05, 0.1) is 6.61 Å². The average Bonchev–Trinajstić information content (AvgIpc) is 3.01. The summed E-state index contributed by atoms with van der Waals surface area (Å²) in [6.45, 7) is -0.0425. The molecule has 2 amide bonds. The molecule has 154 valence electrons. The van der Waals surface area contributed by atoms with Gasteiger partial charge < -0.3 is 4.74 Å². The van der Waals surface area contributed by atoms with Crippen LogP contribution in [0.2, 0.25) is 0 Å². The second-order valence-corrected chi connectivity index (χ2v) is 5.88. The predicted molar refractivity (Wildman–Crippen MR) is 89.7 cm³/mol. The highest BCUT2D eigenvalue weighted by atomic mass is 19.2. The molecule has 0 unspecified atom stereocenters. The van der Waals surface area contributed by atoms with Gasteiger partial charge in [0.15, 0.2) is 23.3 Å². The Kier molecular flexibility index (Phi) is 7.32. The number of unbranched alkanes of at least 4 members (excludes halogenated alkanes) is 3. The van der Waals surface area contributed by atoms with Crippen LogP contribution in [0, 0.1) is 23.3 Å². The fourth-order valence-corrected chi connectivity index (χ4v) is 2.55. The van der Waals surface area contributed by atoms with Crippen molar-refractivity contribution in [2.24, 2.45) is 5.11 Å². The molecule has 0 N–H and O–H groups in total. The van der Waals surface area contributed by atoms with E-state index >= 15 is 0 Å². The molecule has 0 saturated heterocycles. The molecule has 0 aliphatic carbocycles. The Balaban J connectivity index is 1.82. The van der Waals surface area contributed by atoms with Crippen molar-refractivity contribution >= 4 is 23.5 Å². The molecular formula is C17H14F4N4O4. The number of benzene rings is 1. The van der Waals surface area contributed by atoms with Crippen LogP contribution in [-0.2, 0) is 14.3 Å². The number of nitrogens with zero attached hydrogens (tertiary/aromatic N) is 4. The number of hydrogen-bond acceptors (Lipinski definition) is 5. The number of halogens is 4. The van der Waals surface area contributed by atoms with Gasteiger partial charge in [-0.05, 0) is 24.8 Å². The minimum Gasteiger partial charge on any atom is -0.462 e. The van der Waals surface area contributed by atoms with Crippen LogP contribution < -0.4 is 0 Å². The second-order valence-electron chi connectivity index (χ2n) is 5.88. The van der Waals surface area contributed by atoms with Gasteiger partial charge in [0, 0.05) is 23.6 Å². The maximum atomic E-state index is 13.8. The van der Waals surface area contributed by atoms with Crippen molar-refractivity contribution in [1.82, 2.24) is 4.90 Å². The molecule has 8 nitrogen and oxygen atoms in total. The molecule has 0 bridgehead atoms. The SMILES string of the molecule is [N-]=[N+]=Nc1c(F)c(F)c(C(=O)OCCCCCCN2C(=O)C=CC2=O)c(F)c1F. The van der Waals surface area contributed by atoms with Crippen LogP contribution in [0.3, 0.4) is 0 Å². The number of carbonyl (C=O) groups excluding carboxylic acids is 3. The summed E-state index contributed by atoms with van der Waals surface area (Å²) in [6, 6.07) is 0. The highest BCUT2D eigenvalue weighted by Gasteiger charge is 2.30. The third-order valence-electron chi connectivity index (χ3n) is 4.00. The Morgan fingerprint density at radius 1 is 0.966 bits per heavy atom. The van der Waals surface area contributed by atoms with E-state index in [-0.39, 0.29) is 31.4 Å². The molecule has 1 aromatic carbocycles. The molecule has 0 saturated carbocycles. The summed E-state index contributed by atoms with van der Waals surface area (Å²) in [7, 11) is 0.